The number of benzene rings is 1. The van der Waals surface area contributed by atoms with Crippen LogP contribution in [0.5, 0.6) is 0 Å². The van der Waals surface area contributed by atoms with Crippen LogP contribution >= 0.6 is 24.8 Å². The molecule has 0 amide bonds. The molecule has 2 N–H and O–H groups in total. The average Bonchev–Trinajstić information content (AvgIpc) is 2.03. The van der Waals surface area contributed by atoms with E-state index in [4.69, 9.17) is 5.73 Å². The van der Waals surface area contributed by atoms with Gasteiger partial charge in [-0.1, -0.05) is 24.3 Å². The maximum Gasteiger partial charge on any atom is 0.0227 e. The van der Waals surface area contributed by atoms with Gasteiger partial charge in [-0.05, 0) is 25.2 Å². The van der Waals surface area contributed by atoms with E-state index in [-0.39, 0.29) is 24.8 Å². The first-order chi connectivity index (χ1) is 5.72. The van der Waals surface area contributed by atoms with Gasteiger partial charge in [0.2, 0.25) is 0 Å². The van der Waals surface area contributed by atoms with Crippen LogP contribution in [-0.4, -0.2) is 19.0 Å². The molecule has 14 heavy (non-hydrogen) atoms. The Morgan fingerprint density at radius 1 is 1.14 bits per heavy atom. The summed E-state index contributed by atoms with van der Waals surface area (Å²) in [6.07, 6.45) is 0. The number of hydrogen-bond acceptors (Lipinski definition) is 2. The molecule has 0 saturated heterocycles. The van der Waals surface area contributed by atoms with Gasteiger partial charge in [-0.3, -0.25) is 0 Å². The fraction of sp³-hybridized carbons (Fsp3) is 0.400. The summed E-state index contributed by atoms with van der Waals surface area (Å²) >= 11 is 0. The molecule has 82 valence electrons. The summed E-state index contributed by atoms with van der Waals surface area (Å²) in [5, 5.41) is 0. The summed E-state index contributed by atoms with van der Waals surface area (Å²) in [7, 11) is 4.13. The van der Waals surface area contributed by atoms with Crippen LogP contribution in [0.25, 0.3) is 0 Å². The number of hydrogen-bond donors (Lipinski definition) is 1. The van der Waals surface area contributed by atoms with Crippen molar-refractivity contribution in [2.75, 3.05) is 14.1 Å². The predicted octanol–water partition coefficient (Wildman–Crippen LogP) is 2.05. The predicted molar refractivity (Wildman–Crippen MR) is 66.2 cm³/mol. The highest BCUT2D eigenvalue weighted by Gasteiger charge is 1.95. The fourth-order valence-electron chi connectivity index (χ4n) is 1.22. The number of nitrogens with zero attached hydrogens (tertiary/aromatic N) is 1. The molecule has 0 aliphatic rings. The topological polar surface area (TPSA) is 29.3 Å². The molecule has 1 rings (SSSR count). The summed E-state index contributed by atoms with van der Waals surface area (Å²) in [4.78, 5) is 2.15. The van der Waals surface area contributed by atoms with E-state index in [0.29, 0.717) is 6.54 Å². The molecule has 0 fully saturated rings. The summed E-state index contributed by atoms with van der Waals surface area (Å²) in [5.74, 6) is 0. The van der Waals surface area contributed by atoms with Crippen LogP contribution in [0.1, 0.15) is 11.1 Å². The molecule has 2 nitrogen and oxygen atoms in total. The van der Waals surface area contributed by atoms with Crippen LogP contribution in [0.4, 0.5) is 0 Å². The summed E-state index contributed by atoms with van der Waals surface area (Å²) in [6, 6.07) is 8.39. The van der Waals surface area contributed by atoms with Crippen molar-refractivity contribution in [3.8, 4) is 0 Å². The van der Waals surface area contributed by atoms with Gasteiger partial charge in [0.25, 0.3) is 0 Å². The zero-order valence-corrected chi connectivity index (χ0v) is 10.2. The van der Waals surface area contributed by atoms with Crippen molar-refractivity contribution >= 4 is 24.8 Å². The fourth-order valence-corrected chi connectivity index (χ4v) is 1.22. The molecule has 0 spiro atoms. The first-order valence-corrected chi connectivity index (χ1v) is 4.15. The highest BCUT2D eigenvalue weighted by atomic mass is 35.5. The van der Waals surface area contributed by atoms with Gasteiger partial charge < -0.3 is 10.6 Å². The molecule has 0 heterocycles. The monoisotopic (exact) mass is 236 g/mol. The molecule has 1 aromatic carbocycles. The summed E-state index contributed by atoms with van der Waals surface area (Å²) in [5.41, 5.74) is 8.06. The summed E-state index contributed by atoms with van der Waals surface area (Å²) in [6.45, 7) is 1.61. The van der Waals surface area contributed by atoms with Crippen molar-refractivity contribution < 1.29 is 0 Å². The van der Waals surface area contributed by atoms with Gasteiger partial charge in [0.05, 0.1) is 0 Å². The van der Waals surface area contributed by atoms with Crippen molar-refractivity contribution in [3.63, 3.8) is 0 Å². The lowest BCUT2D eigenvalue weighted by molar-refractivity contribution is 0.402. The highest BCUT2D eigenvalue weighted by Crippen LogP contribution is 2.05. The third-order valence-corrected chi connectivity index (χ3v) is 1.73. The molecule has 1 aromatic rings. The van der Waals surface area contributed by atoms with Crippen molar-refractivity contribution in [2.24, 2.45) is 5.73 Å². The second-order valence-corrected chi connectivity index (χ2v) is 3.26. The summed E-state index contributed by atoms with van der Waals surface area (Å²) < 4.78 is 0. The first-order valence-electron chi connectivity index (χ1n) is 4.15. The Bertz CT molecular complexity index is 252. The van der Waals surface area contributed by atoms with E-state index in [0.717, 1.165) is 6.54 Å². The Balaban J connectivity index is 0. The van der Waals surface area contributed by atoms with E-state index < -0.39 is 0 Å². The van der Waals surface area contributed by atoms with Crippen LogP contribution in [0.15, 0.2) is 24.3 Å². The van der Waals surface area contributed by atoms with Gasteiger partial charge in [-0.15, -0.1) is 24.8 Å². The highest BCUT2D eigenvalue weighted by molar-refractivity contribution is 5.85. The van der Waals surface area contributed by atoms with E-state index in [2.05, 4.69) is 43.3 Å². The Morgan fingerprint density at radius 2 is 1.71 bits per heavy atom. The van der Waals surface area contributed by atoms with Crippen molar-refractivity contribution in [1.29, 1.82) is 0 Å². The Kier molecular flexibility index (Phi) is 9.31. The minimum absolute atomic E-state index is 0. The normalized spacial score (nSPS) is 9.14. The maximum atomic E-state index is 5.54. The minimum atomic E-state index is 0. The van der Waals surface area contributed by atoms with Crippen LogP contribution in [0, 0.1) is 0 Å². The second-order valence-electron chi connectivity index (χ2n) is 3.26. The molecule has 4 heteroatoms. The molecule has 0 aliphatic heterocycles. The quantitative estimate of drug-likeness (QED) is 0.871. The first kappa shape index (κ1) is 16.2. The molecule has 0 atom stereocenters. The van der Waals surface area contributed by atoms with Crippen molar-refractivity contribution in [3.05, 3.63) is 35.4 Å². The number of rotatable bonds is 3. The largest absolute Gasteiger partial charge is 0.326 e. The zero-order valence-electron chi connectivity index (χ0n) is 8.56. The molecule has 0 aromatic heterocycles. The van der Waals surface area contributed by atoms with Crippen molar-refractivity contribution in [2.45, 2.75) is 13.1 Å². The van der Waals surface area contributed by atoms with E-state index in [1.807, 2.05) is 0 Å². The molecule has 0 radical (unpaired) electrons. The third kappa shape index (κ3) is 5.45. The smallest absolute Gasteiger partial charge is 0.0227 e. The van der Waals surface area contributed by atoms with E-state index in [1.165, 1.54) is 11.1 Å². The third-order valence-electron chi connectivity index (χ3n) is 1.73. The molecular formula is C10H18Cl2N2. The maximum absolute atomic E-state index is 5.54. The molecule has 0 aliphatic carbocycles. The second kappa shape index (κ2) is 8.06. The van der Waals surface area contributed by atoms with Gasteiger partial charge in [0, 0.05) is 13.1 Å². The Morgan fingerprint density at radius 3 is 2.21 bits per heavy atom. The number of halogens is 2. The zero-order chi connectivity index (χ0) is 8.97. The average molecular weight is 237 g/mol. The van der Waals surface area contributed by atoms with Gasteiger partial charge in [0.15, 0.2) is 0 Å². The molecular weight excluding hydrogens is 219 g/mol. The van der Waals surface area contributed by atoms with Gasteiger partial charge >= 0.3 is 0 Å². The van der Waals surface area contributed by atoms with E-state index in [1.54, 1.807) is 0 Å². The van der Waals surface area contributed by atoms with Gasteiger partial charge in [0.1, 0.15) is 0 Å². The van der Waals surface area contributed by atoms with Crippen LogP contribution in [0.3, 0.4) is 0 Å². The van der Waals surface area contributed by atoms with E-state index in [9.17, 15) is 0 Å². The van der Waals surface area contributed by atoms with Crippen LogP contribution in [0.2, 0.25) is 0 Å². The Labute approximate surface area is 98.3 Å². The van der Waals surface area contributed by atoms with Gasteiger partial charge in [-0.2, -0.15) is 0 Å². The lowest BCUT2D eigenvalue weighted by Crippen LogP contribution is -2.11. The van der Waals surface area contributed by atoms with Crippen LogP contribution in [-0.2, 0) is 13.1 Å². The standard InChI is InChI=1S/C10H16N2.2ClH/c1-12(2)8-10-5-3-4-9(6-10)7-11;;/h3-6H,7-8,11H2,1-2H3;2*1H. The lowest BCUT2D eigenvalue weighted by atomic mass is 10.1. The molecule has 0 unspecified atom stereocenters. The Hall–Kier alpha value is -0.280. The minimum Gasteiger partial charge on any atom is -0.326 e. The number of nitrogens with two attached hydrogens (primary N) is 1. The van der Waals surface area contributed by atoms with Crippen molar-refractivity contribution in [1.82, 2.24) is 4.90 Å². The lowest BCUT2D eigenvalue weighted by Gasteiger charge is -2.09. The molecule has 0 bridgehead atoms. The van der Waals surface area contributed by atoms with Crippen LogP contribution < -0.4 is 5.73 Å². The van der Waals surface area contributed by atoms with E-state index >= 15 is 0 Å². The molecule has 0 saturated carbocycles. The SMILES string of the molecule is CN(C)Cc1cccc(CN)c1.Cl.Cl. The van der Waals surface area contributed by atoms with Gasteiger partial charge in [-0.25, -0.2) is 0 Å².